The Morgan fingerprint density at radius 1 is 1.23 bits per heavy atom. The number of nitrogens with zero attached hydrogens (tertiary/aromatic N) is 1. The molecule has 1 heterocycles. The van der Waals surface area contributed by atoms with Crippen LogP contribution < -0.4 is 10.6 Å². The monoisotopic (exact) mass is 429 g/mol. The van der Waals surface area contributed by atoms with E-state index in [1.165, 1.54) is 22.8 Å². The average Bonchev–Trinajstić information content (AvgIpc) is 3.13. The molecule has 2 atom stereocenters. The minimum absolute atomic E-state index is 0.137. The van der Waals surface area contributed by atoms with Crippen molar-refractivity contribution in [3.8, 4) is 0 Å². The number of carbonyl (C=O) groups excluding carboxylic acids is 3. The van der Waals surface area contributed by atoms with Crippen LogP contribution >= 0.6 is 0 Å². The molecule has 0 aliphatic heterocycles. The Hall–Kier alpha value is -3.00. The molecule has 0 saturated heterocycles. The lowest BCUT2D eigenvalue weighted by Gasteiger charge is -2.25. The third kappa shape index (κ3) is 4.39. The maximum absolute atomic E-state index is 13.5. The van der Waals surface area contributed by atoms with Gasteiger partial charge in [-0.3, -0.25) is 14.4 Å². The van der Waals surface area contributed by atoms with Crippen LogP contribution in [-0.4, -0.2) is 38.9 Å². The number of carbonyl (C=O) groups is 3. The molecule has 31 heavy (non-hydrogen) atoms. The van der Waals surface area contributed by atoms with Gasteiger partial charge in [-0.25, -0.2) is 4.39 Å². The second-order valence-corrected chi connectivity index (χ2v) is 8.65. The van der Waals surface area contributed by atoms with Gasteiger partial charge in [0, 0.05) is 24.0 Å². The van der Waals surface area contributed by atoms with Gasteiger partial charge in [-0.1, -0.05) is 0 Å². The van der Waals surface area contributed by atoms with E-state index in [2.05, 4.69) is 10.6 Å². The number of nitrogens with one attached hydrogen (secondary N) is 2. The second-order valence-electron chi connectivity index (χ2n) is 8.65. The number of benzene rings is 1. The van der Waals surface area contributed by atoms with Crippen molar-refractivity contribution in [3.05, 3.63) is 52.1 Å². The van der Waals surface area contributed by atoms with E-state index >= 15 is 0 Å². The number of hydrogen-bond acceptors (Lipinski definition) is 4. The molecule has 1 saturated carbocycles. The predicted octanol–water partition coefficient (Wildman–Crippen LogP) is 2.94. The lowest BCUT2D eigenvalue weighted by molar-refractivity contribution is -0.118. The standard InChI is InChI=1S/C23H28FN3O4/c1-12-10-15(6-7-17(12)24)25-21(30)18-13(2)19(27(5)14(18)3)20(29)22(31)26-23(4)9-8-16(28)11-23/h6-7,10,16,28H,8-9,11H2,1-5H3,(H,25,30)(H,26,31)/t16-,23+/m1/s1. The molecule has 0 bridgehead atoms. The van der Waals surface area contributed by atoms with Gasteiger partial charge >= 0.3 is 0 Å². The molecule has 8 heteroatoms. The van der Waals surface area contributed by atoms with E-state index < -0.39 is 29.2 Å². The van der Waals surface area contributed by atoms with Crippen molar-refractivity contribution in [2.24, 2.45) is 7.05 Å². The highest BCUT2D eigenvalue weighted by atomic mass is 19.1. The first-order valence-corrected chi connectivity index (χ1v) is 10.2. The third-order valence-electron chi connectivity index (χ3n) is 6.13. The Morgan fingerprint density at radius 2 is 1.90 bits per heavy atom. The Labute approximate surface area is 180 Å². The summed E-state index contributed by atoms with van der Waals surface area (Å²) < 4.78 is 15.0. The van der Waals surface area contributed by atoms with Crippen LogP contribution in [0.1, 0.15) is 63.9 Å². The summed E-state index contributed by atoms with van der Waals surface area (Å²) >= 11 is 0. The first-order chi connectivity index (χ1) is 14.4. The van der Waals surface area contributed by atoms with E-state index in [9.17, 15) is 23.9 Å². The lowest BCUT2D eigenvalue weighted by atomic mass is 9.99. The number of aliphatic hydroxyl groups excluding tert-OH is 1. The molecule has 0 radical (unpaired) electrons. The van der Waals surface area contributed by atoms with E-state index in [0.717, 1.165) is 0 Å². The van der Waals surface area contributed by atoms with Crippen LogP contribution in [0.25, 0.3) is 0 Å². The Kier molecular flexibility index (Phi) is 6.04. The van der Waals surface area contributed by atoms with Crippen LogP contribution in [0.2, 0.25) is 0 Å². The van der Waals surface area contributed by atoms with Gasteiger partial charge in [0.2, 0.25) is 0 Å². The molecule has 2 amide bonds. The molecule has 166 valence electrons. The van der Waals surface area contributed by atoms with Crippen LogP contribution in [0, 0.1) is 26.6 Å². The van der Waals surface area contributed by atoms with Crippen LogP contribution in [0.4, 0.5) is 10.1 Å². The lowest BCUT2D eigenvalue weighted by Crippen LogP contribution is -2.47. The van der Waals surface area contributed by atoms with E-state index in [0.29, 0.717) is 47.3 Å². The average molecular weight is 429 g/mol. The Morgan fingerprint density at radius 3 is 2.48 bits per heavy atom. The molecular formula is C23H28FN3O4. The topological polar surface area (TPSA) is 100 Å². The van der Waals surface area contributed by atoms with Crippen LogP contribution in [0.3, 0.4) is 0 Å². The quantitative estimate of drug-likeness (QED) is 0.503. The summed E-state index contributed by atoms with van der Waals surface area (Å²) in [6, 6.07) is 4.26. The summed E-state index contributed by atoms with van der Waals surface area (Å²) in [4.78, 5) is 38.6. The number of ketones is 1. The summed E-state index contributed by atoms with van der Waals surface area (Å²) in [7, 11) is 1.63. The van der Waals surface area contributed by atoms with Crippen molar-refractivity contribution in [1.82, 2.24) is 9.88 Å². The minimum Gasteiger partial charge on any atom is -0.393 e. The zero-order valence-electron chi connectivity index (χ0n) is 18.4. The third-order valence-corrected chi connectivity index (χ3v) is 6.13. The minimum atomic E-state index is -0.763. The summed E-state index contributed by atoms with van der Waals surface area (Å²) in [5.74, 6) is -2.31. The second kappa shape index (κ2) is 8.26. The summed E-state index contributed by atoms with van der Waals surface area (Å²) in [5, 5.41) is 15.2. The molecular weight excluding hydrogens is 401 g/mol. The van der Waals surface area contributed by atoms with E-state index in [4.69, 9.17) is 0 Å². The molecule has 3 N–H and O–H groups in total. The molecule has 1 aromatic heterocycles. The van der Waals surface area contributed by atoms with E-state index in [1.54, 1.807) is 34.7 Å². The number of halogens is 1. The van der Waals surface area contributed by atoms with Gasteiger partial charge in [-0.2, -0.15) is 0 Å². The van der Waals surface area contributed by atoms with Gasteiger partial charge in [0.05, 0.1) is 17.4 Å². The molecule has 2 aromatic rings. The summed E-state index contributed by atoms with van der Waals surface area (Å²) in [6.07, 6.45) is 1.05. The molecule has 3 rings (SSSR count). The van der Waals surface area contributed by atoms with Crippen LogP contribution in [-0.2, 0) is 11.8 Å². The van der Waals surface area contributed by atoms with Crippen LogP contribution in [0.15, 0.2) is 18.2 Å². The van der Waals surface area contributed by atoms with Crippen molar-refractivity contribution in [3.63, 3.8) is 0 Å². The van der Waals surface area contributed by atoms with Crippen LogP contribution in [0.5, 0.6) is 0 Å². The molecule has 1 aliphatic rings. The predicted molar refractivity (Wildman–Crippen MR) is 115 cm³/mol. The van der Waals surface area contributed by atoms with Gasteiger partial charge < -0.3 is 20.3 Å². The molecule has 1 aromatic carbocycles. The van der Waals surface area contributed by atoms with Crippen molar-refractivity contribution >= 4 is 23.3 Å². The first kappa shape index (κ1) is 22.7. The number of amides is 2. The number of anilines is 1. The summed E-state index contributed by atoms with van der Waals surface area (Å²) in [6.45, 7) is 6.73. The van der Waals surface area contributed by atoms with Gasteiger partial charge in [0.15, 0.2) is 0 Å². The van der Waals surface area contributed by atoms with Gasteiger partial charge in [-0.15, -0.1) is 0 Å². The van der Waals surface area contributed by atoms with Crippen molar-refractivity contribution < 1.29 is 23.9 Å². The van der Waals surface area contributed by atoms with Crippen molar-refractivity contribution in [2.45, 2.75) is 58.6 Å². The number of aryl methyl sites for hydroxylation is 1. The van der Waals surface area contributed by atoms with E-state index in [1.807, 2.05) is 0 Å². The number of rotatable bonds is 5. The SMILES string of the molecule is Cc1cc(NC(=O)c2c(C)c(C(=O)C(=O)N[C@@]3(C)CC[C@@H](O)C3)n(C)c2C)ccc1F. The van der Waals surface area contributed by atoms with Gasteiger partial charge in [0.25, 0.3) is 17.6 Å². The summed E-state index contributed by atoms with van der Waals surface area (Å²) in [5.41, 5.74) is 1.56. The Bertz CT molecular complexity index is 1080. The number of aliphatic hydroxyl groups is 1. The normalized spacial score (nSPS) is 20.5. The van der Waals surface area contributed by atoms with Crippen molar-refractivity contribution in [2.75, 3.05) is 5.32 Å². The fourth-order valence-corrected chi connectivity index (χ4v) is 4.31. The molecule has 0 unspecified atom stereocenters. The highest BCUT2D eigenvalue weighted by Crippen LogP contribution is 2.30. The maximum atomic E-state index is 13.5. The van der Waals surface area contributed by atoms with Gasteiger partial charge in [-0.05, 0) is 76.3 Å². The highest BCUT2D eigenvalue weighted by Gasteiger charge is 2.38. The number of hydrogen-bond donors (Lipinski definition) is 3. The molecule has 0 spiro atoms. The zero-order chi connectivity index (χ0) is 23.1. The Balaban J connectivity index is 1.85. The first-order valence-electron chi connectivity index (χ1n) is 10.2. The maximum Gasteiger partial charge on any atom is 0.294 e. The van der Waals surface area contributed by atoms with Crippen molar-refractivity contribution in [1.29, 1.82) is 0 Å². The fraction of sp³-hybridized carbons (Fsp3) is 0.435. The fourth-order valence-electron chi connectivity index (χ4n) is 4.31. The zero-order valence-corrected chi connectivity index (χ0v) is 18.4. The molecule has 1 fully saturated rings. The number of aromatic nitrogens is 1. The largest absolute Gasteiger partial charge is 0.393 e. The highest BCUT2D eigenvalue weighted by molar-refractivity contribution is 6.43. The smallest absolute Gasteiger partial charge is 0.294 e. The number of Topliss-reactive ketones (excluding diaryl/α,β-unsaturated/α-hetero) is 1. The van der Waals surface area contributed by atoms with E-state index in [-0.39, 0.29) is 11.5 Å². The molecule has 7 nitrogen and oxygen atoms in total. The molecule has 1 aliphatic carbocycles. The van der Waals surface area contributed by atoms with Gasteiger partial charge in [0.1, 0.15) is 5.82 Å².